The molecule has 0 atom stereocenters. The molecule has 0 radical (unpaired) electrons. The molecule has 142 valence electrons. The fourth-order valence-electron chi connectivity index (χ4n) is 2.89. The Bertz CT molecular complexity index is 1180. The molecule has 4 rings (SSSR count). The van der Waals surface area contributed by atoms with Crippen LogP contribution in [0.4, 0.5) is 0 Å². The summed E-state index contributed by atoms with van der Waals surface area (Å²) in [5.74, 6) is 0.726. The molecule has 28 heavy (non-hydrogen) atoms. The van der Waals surface area contributed by atoms with Gasteiger partial charge >= 0.3 is 5.69 Å². The molecule has 4 aromatic rings. The highest BCUT2D eigenvalue weighted by Gasteiger charge is 2.14. The van der Waals surface area contributed by atoms with Gasteiger partial charge in [0.25, 0.3) is 0 Å². The monoisotopic (exact) mass is 378 g/mol. The van der Waals surface area contributed by atoms with E-state index in [9.17, 15) is 4.79 Å². The van der Waals surface area contributed by atoms with Gasteiger partial charge in [0.15, 0.2) is 6.33 Å². The van der Waals surface area contributed by atoms with Crippen molar-refractivity contribution in [3.05, 3.63) is 69.9 Å². The number of hydrogen-bond acceptors (Lipinski definition) is 7. The van der Waals surface area contributed by atoms with E-state index in [0.717, 1.165) is 28.1 Å². The number of aryl methyl sites for hydroxylation is 3. The lowest BCUT2D eigenvalue weighted by atomic mass is 10.1. The molecule has 2 heterocycles. The maximum absolute atomic E-state index is 12.3. The number of hydrogen-bond donors (Lipinski definition) is 0. The van der Waals surface area contributed by atoms with Crippen molar-refractivity contribution in [1.29, 1.82) is 0 Å². The molecule has 0 saturated carbocycles. The molecular formula is C18H18N8O2. The molecule has 0 bridgehead atoms. The minimum Gasteiger partial charge on any atom is -0.489 e. The fourth-order valence-corrected chi connectivity index (χ4v) is 2.89. The summed E-state index contributed by atoms with van der Waals surface area (Å²) in [5.41, 5.74) is 3.93. The molecule has 2 aromatic carbocycles. The normalized spacial score (nSPS) is 11.0. The van der Waals surface area contributed by atoms with Crippen molar-refractivity contribution in [2.45, 2.75) is 20.5 Å². The van der Waals surface area contributed by atoms with Gasteiger partial charge in [0.05, 0.1) is 11.4 Å². The Morgan fingerprint density at radius 1 is 1.04 bits per heavy atom. The van der Waals surface area contributed by atoms with E-state index >= 15 is 0 Å². The molecule has 10 nitrogen and oxygen atoms in total. The van der Waals surface area contributed by atoms with Gasteiger partial charge in [0.2, 0.25) is 0 Å². The topological polar surface area (TPSA) is 106 Å². The van der Waals surface area contributed by atoms with Crippen LogP contribution in [0.15, 0.2) is 47.5 Å². The van der Waals surface area contributed by atoms with Crippen molar-refractivity contribution in [3.8, 4) is 17.1 Å². The van der Waals surface area contributed by atoms with E-state index in [4.69, 9.17) is 4.74 Å². The van der Waals surface area contributed by atoms with Crippen LogP contribution in [0.25, 0.3) is 11.4 Å². The molecule has 0 aliphatic carbocycles. The maximum atomic E-state index is 12.3. The zero-order chi connectivity index (χ0) is 19.7. The summed E-state index contributed by atoms with van der Waals surface area (Å²) in [5, 5.41) is 19.3. The first kappa shape index (κ1) is 17.6. The number of nitrogens with zero attached hydrogens (tertiary/aromatic N) is 8. The lowest BCUT2D eigenvalue weighted by molar-refractivity contribution is 0.302. The maximum Gasteiger partial charge on any atom is 0.368 e. The van der Waals surface area contributed by atoms with Crippen LogP contribution >= 0.6 is 0 Å². The second-order valence-corrected chi connectivity index (χ2v) is 6.33. The van der Waals surface area contributed by atoms with Crippen LogP contribution in [0.3, 0.4) is 0 Å². The van der Waals surface area contributed by atoms with Crippen LogP contribution < -0.4 is 10.4 Å². The first-order chi connectivity index (χ1) is 13.5. The lowest BCUT2D eigenvalue weighted by Crippen LogP contribution is -2.23. The smallest absolute Gasteiger partial charge is 0.368 e. The average Bonchev–Trinajstić information content (AvgIpc) is 3.33. The first-order valence-corrected chi connectivity index (χ1v) is 8.59. The summed E-state index contributed by atoms with van der Waals surface area (Å²) >= 11 is 0. The zero-order valence-electron chi connectivity index (χ0n) is 15.6. The summed E-state index contributed by atoms with van der Waals surface area (Å²) in [7, 11) is 1.56. The number of tetrazole rings is 2. The van der Waals surface area contributed by atoms with Gasteiger partial charge in [0, 0.05) is 12.6 Å². The summed E-state index contributed by atoms with van der Waals surface area (Å²) < 4.78 is 8.51. The fraction of sp³-hybridized carbons (Fsp3) is 0.222. The molecule has 0 amide bonds. The van der Waals surface area contributed by atoms with Crippen molar-refractivity contribution >= 4 is 0 Å². The van der Waals surface area contributed by atoms with E-state index in [1.54, 1.807) is 7.05 Å². The van der Waals surface area contributed by atoms with Gasteiger partial charge in [-0.1, -0.05) is 12.1 Å². The van der Waals surface area contributed by atoms with Gasteiger partial charge in [-0.2, -0.15) is 9.36 Å². The van der Waals surface area contributed by atoms with E-state index in [-0.39, 0.29) is 12.3 Å². The number of ether oxygens (including phenoxy) is 1. The second-order valence-electron chi connectivity index (χ2n) is 6.33. The highest BCUT2D eigenvalue weighted by atomic mass is 16.5. The van der Waals surface area contributed by atoms with Gasteiger partial charge in [-0.3, -0.25) is 0 Å². The molecule has 2 aromatic heterocycles. The van der Waals surface area contributed by atoms with Crippen molar-refractivity contribution < 1.29 is 4.74 Å². The molecule has 0 N–H and O–H groups in total. The summed E-state index contributed by atoms with van der Waals surface area (Å²) in [6, 6.07) is 11.3. The number of benzene rings is 2. The van der Waals surface area contributed by atoms with Gasteiger partial charge in [-0.25, -0.2) is 4.79 Å². The van der Waals surface area contributed by atoms with E-state index in [2.05, 4.69) is 25.8 Å². The van der Waals surface area contributed by atoms with E-state index in [1.165, 1.54) is 20.5 Å². The Morgan fingerprint density at radius 3 is 2.57 bits per heavy atom. The van der Waals surface area contributed by atoms with Crippen molar-refractivity contribution in [2.24, 2.45) is 7.05 Å². The first-order valence-electron chi connectivity index (χ1n) is 8.59. The van der Waals surface area contributed by atoms with Gasteiger partial charge < -0.3 is 4.74 Å². The minimum absolute atomic E-state index is 0.285. The van der Waals surface area contributed by atoms with Crippen molar-refractivity contribution in [1.82, 2.24) is 40.0 Å². The molecule has 0 spiro atoms. The number of rotatable bonds is 5. The Morgan fingerprint density at radius 2 is 1.89 bits per heavy atom. The summed E-state index contributed by atoms with van der Waals surface area (Å²) in [6.45, 7) is 4.20. The van der Waals surface area contributed by atoms with Gasteiger partial charge in [-0.05, 0) is 64.9 Å². The van der Waals surface area contributed by atoms with E-state index in [0.29, 0.717) is 5.69 Å². The zero-order valence-corrected chi connectivity index (χ0v) is 15.6. The molecular weight excluding hydrogens is 360 g/mol. The van der Waals surface area contributed by atoms with Crippen LogP contribution in [-0.2, 0) is 13.7 Å². The van der Waals surface area contributed by atoms with Crippen molar-refractivity contribution in [2.75, 3.05) is 0 Å². The van der Waals surface area contributed by atoms with E-state index < -0.39 is 0 Å². The van der Waals surface area contributed by atoms with Crippen LogP contribution in [0.1, 0.15) is 16.7 Å². The average molecular weight is 378 g/mol. The third-order valence-electron chi connectivity index (χ3n) is 4.45. The lowest BCUT2D eigenvalue weighted by Gasteiger charge is -2.14. The van der Waals surface area contributed by atoms with Gasteiger partial charge in [0.1, 0.15) is 12.4 Å². The molecule has 0 saturated heterocycles. The van der Waals surface area contributed by atoms with Gasteiger partial charge in [-0.15, -0.1) is 15.0 Å². The third kappa shape index (κ3) is 3.15. The highest BCUT2D eigenvalue weighted by Crippen LogP contribution is 2.24. The minimum atomic E-state index is -0.312. The Balaban J connectivity index is 1.62. The third-order valence-corrected chi connectivity index (χ3v) is 4.45. The molecule has 10 heteroatoms. The molecule has 0 unspecified atom stereocenters. The molecule has 0 fully saturated rings. The van der Waals surface area contributed by atoms with Crippen LogP contribution in [0.5, 0.6) is 5.75 Å². The van der Waals surface area contributed by atoms with Crippen LogP contribution in [0.2, 0.25) is 0 Å². The Hall–Kier alpha value is -3.82. The largest absolute Gasteiger partial charge is 0.489 e. The Labute approximate surface area is 160 Å². The van der Waals surface area contributed by atoms with Crippen LogP contribution in [0, 0.1) is 13.8 Å². The second kappa shape index (κ2) is 7.06. The summed E-state index contributed by atoms with van der Waals surface area (Å²) in [6.07, 6.45) is 1.38. The van der Waals surface area contributed by atoms with E-state index in [1.807, 2.05) is 50.2 Å². The molecule has 0 aliphatic rings. The predicted molar refractivity (Wildman–Crippen MR) is 99.6 cm³/mol. The predicted octanol–water partition coefficient (Wildman–Crippen LogP) is 1.14. The molecule has 0 aliphatic heterocycles. The van der Waals surface area contributed by atoms with Crippen LogP contribution in [-0.4, -0.2) is 40.0 Å². The van der Waals surface area contributed by atoms with Crippen molar-refractivity contribution in [3.63, 3.8) is 0 Å². The standard InChI is InChI=1S/C18H18N8O2/c1-12-5-4-6-16(25-18(27)24(3)22-23-25)15(12)10-28-17-8-7-14(9-13(17)2)26-20-11-19-21-26/h4-9,11H,10H2,1-3H3. The SMILES string of the molecule is Cc1cc(-n2ncnn2)ccc1OCc1c(C)cccc1-n1nnn(C)c1=O. The number of aromatic nitrogens is 8. The highest BCUT2D eigenvalue weighted by molar-refractivity contribution is 5.46. The Kier molecular flexibility index (Phi) is 4.44. The quantitative estimate of drug-likeness (QED) is 0.513. The summed E-state index contributed by atoms with van der Waals surface area (Å²) in [4.78, 5) is 13.7.